The van der Waals surface area contributed by atoms with E-state index < -0.39 is 0 Å². The molecule has 2 aromatic carbocycles. The number of rotatable bonds is 9. The quantitative estimate of drug-likeness (QED) is 0.305. The third-order valence-electron chi connectivity index (χ3n) is 4.76. The zero-order chi connectivity index (χ0) is 19.8. The highest BCUT2D eigenvalue weighted by Crippen LogP contribution is 2.30. The van der Waals surface area contributed by atoms with Crippen molar-refractivity contribution < 1.29 is 4.74 Å². The molecule has 5 nitrogen and oxygen atoms in total. The minimum atomic E-state index is 0. The van der Waals surface area contributed by atoms with Crippen molar-refractivity contribution in [3.63, 3.8) is 0 Å². The van der Waals surface area contributed by atoms with Crippen LogP contribution in [0.15, 0.2) is 53.5 Å². The van der Waals surface area contributed by atoms with Gasteiger partial charge in [0.2, 0.25) is 0 Å². The van der Waals surface area contributed by atoms with E-state index in [9.17, 15) is 0 Å². The number of hydrogen-bond acceptors (Lipinski definition) is 3. The molecule has 0 unspecified atom stereocenters. The lowest BCUT2D eigenvalue weighted by Gasteiger charge is -2.15. The summed E-state index contributed by atoms with van der Waals surface area (Å²) in [5.41, 5.74) is 3.71. The van der Waals surface area contributed by atoms with E-state index in [1.54, 1.807) is 7.05 Å². The smallest absolute Gasteiger partial charge is 0.191 e. The van der Waals surface area contributed by atoms with Crippen LogP contribution in [0.4, 0.5) is 0 Å². The maximum absolute atomic E-state index is 6.00. The maximum Gasteiger partial charge on any atom is 0.191 e. The Morgan fingerprint density at radius 3 is 2.48 bits per heavy atom. The summed E-state index contributed by atoms with van der Waals surface area (Å²) in [5, 5.41) is 6.80. The molecule has 2 aromatic rings. The van der Waals surface area contributed by atoms with E-state index >= 15 is 0 Å². The van der Waals surface area contributed by atoms with Gasteiger partial charge in [0.25, 0.3) is 0 Å². The summed E-state index contributed by atoms with van der Waals surface area (Å²) in [6, 6.07) is 16.9. The summed E-state index contributed by atoms with van der Waals surface area (Å²) in [6.07, 6.45) is 2.60. The highest BCUT2D eigenvalue weighted by atomic mass is 127. The minimum Gasteiger partial charge on any atom is -0.493 e. The van der Waals surface area contributed by atoms with Crippen LogP contribution in [0.5, 0.6) is 5.75 Å². The number of para-hydroxylation sites is 1. The van der Waals surface area contributed by atoms with E-state index in [0.29, 0.717) is 6.54 Å². The van der Waals surface area contributed by atoms with Crippen LogP contribution in [0.1, 0.15) is 29.5 Å². The normalized spacial score (nSPS) is 13.7. The van der Waals surface area contributed by atoms with E-state index in [4.69, 9.17) is 4.74 Å². The van der Waals surface area contributed by atoms with Crippen LogP contribution in [0.2, 0.25) is 0 Å². The number of hydrogen-bond donors (Lipinski definition) is 2. The fourth-order valence-corrected chi connectivity index (χ4v) is 3.07. The molecule has 0 saturated heterocycles. The number of nitrogens with zero attached hydrogens (tertiary/aromatic N) is 2. The van der Waals surface area contributed by atoms with E-state index in [1.165, 1.54) is 24.0 Å². The van der Waals surface area contributed by atoms with E-state index in [2.05, 4.69) is 65.0 Å². The zero-order valence-electron chi connectivity index (χ0n) is 17.6. The van der Waals surface area contributed by atoms with Gasteiger partial charge in [0.15, 0.2) is 5.96 Å². The SMILES string of the molecule is CN=C(NCc1cccc(CN(C)C)c1)NCc1ccccc1OCC1CC1.I. The third kappa shape index (κ3) is 8.22. The molecule has 3 rings (SSSR count). The number of nitrogens with one attached hydrogen (secondary N) is 2. The van der Waals surface area contributed by atoms with Gasteiger partial charge in [-0.2, -0.15) is 0 Å². The van der Waals surface area contributed by atoms with Crippen molar-refractivity contribution in [1.82, 2.24) is 15.5 Å². The number of benzene rings is 2. The molecule has 0 aromatic heterocycles. The Morgan fingerprint density at radius 2 is 1.76 bits per heavy atom. The summed E-state index contributed by atoms with van der Waals surface area (Å²) < 4.78 is 6.00. The van der Waals surface area contributed by atoms with Gasteiger partial charge in [0.05, 0.1) is 6.61 Å². The zero-order valence-corrected chi connectivity index (χ0v) is 20.0. The molecule has 0 aliphatic heterocycles. The topological polar surface area (TPSA) is 48.9 Å². The van der Waals surface area contributed by atoms with Gasteiger partial charge in [0, 0.05) is 32.2 Å². The first-order valence-corrected chi connectivity index (χ1v) is 10.0. The molecule has 0 atom stereocenters. The Balaban J connectivity index is 0.00000300. The van der Waals surface area contributed by atoms with Crippen LogP contribution in [0.3, 0.4) is 0 Å². The number of halogens is 1. The average Bonchev–Trinajstić information content (AvgIpc) is 3.51. The largest absolute Gasteiger partial charge is 0.493 e. The standard InChI is InChI=1S/C23H32N4O.HI/c1-24-23(25-14-19-7-6-8-20(13-19)16-27(2)3)26-15-21-9-4-5-10-22(21)28-17-18-11-12-18;/h4-10,13,18H,11-12,14-17H2,1-3H3,(H2,24,25,26);1H. The number of aliphatic imine (C=N–C) groups is 1. The molecule has 0 heterocycles. The molecular formula is C23H33IN4O. The van der Waals surface area contributed by atoms with Crippen LogP contribution in [0.25, 0.3) is 0 Å². The van der Waals surface area contributed by atoms with Gasteiger partial charge >= 0.3 is 0 Å². The van der Waals surface area contributed by atoms with Gasteiger partial charge in [-0.05, 0) is 50.0 Å². The second kappa shape index (κ2) is 12.0. The molecule has 158 valence electrons. The second-order valence-electron chi connectivity index (χ2n) is 7.70. The number of guanidine groups is 1. The Morgan fingerprint density at radius 1 is 1.03 bits per heavy atom. The molecular weight excluding hydrogens is 475 g/mol. The monoisotopic (exact) mass is 508 g/mol. The predicted molar refractivity (Wildman–Crippen MR) is 131 cm³/mol. The van der Waals surface area contributed by atoms with Crippen molar-refractivity contribution in [2.45, 2.75) is 32.5 Å². The minimum absolute atomic E-state index is 0. The van der Waals surface area contributed by atoms with E-state index in [0.717, 1.165) is 42.9 Å². The second-order valence-corrected chi connectivity index (χ2v) is 7.70. The van der Waals surface area contributed by atoms with Crippen LogP contribution in [-0.2, 0) is 19.6 Å². The van der Waals surface area contributed by atoms with Crippen molar-refractivity contribution >= 4 is 29.9 Å². The van der Waals surface area contributed by atoms with Gasteiger partial charge in [-0.25, -0.2) is 0 Å². The van der Waals surface area contributed by atoms with Gasteiger partial charge in [-0.3, -0.25) is 4.99 Å². The summed E-state index contributed by atoms with van der Waals surface area (Å²) in [4.78, 5) is 6.52. The van der Waals surface area contributed by atoms with E-state index in [1.807, 2.05) is 18.2 Å². The lowest BCUT2D eigenvalue weighted by Crippen LogP contribution is -2.36. The molecule has 0 amide bonds. The van der Waals surface area contributed by atoms with E-state index in [-0.39, 0.29) is 24.0 Å². The predicted octanol–water partition coefficient (Wildman–Crippen LogP) is 4.02. The fourth-order valence-electron chi connectivity index (χ4n) is 3.07. The first-order valence-electron chi connectivity index (χ1n) is 10.0. The van der Waals surface area contributed by atoms with Gasteiger partial charge in [-0.15, -0.1) is 24.0 Å². The van der Waals surface area contributed by atoms with Crippen LogP contribution >= 0.6 is 24.0 Å². The highest BCUT2D eigenvalue weighted by molar-refractivity contribution is 14.0. The molecule has 2 N–H and O–H groups in total. The number of ether oxygens (including phenoxy) is 1. The molecule has 6 heteroatoms. The maximum atomic E-state index is 6.00. The molecule has 0 spiro atoms. The molecule has 1 saturated carbocycles. The van der Waals surface area contributed by atoms with Gasteiger partial charge in [-0.1, -0.05) is 42.5 Å². The molecule has 1 fully saturated rings. The first-order chi connectivity index (χ1) is 13.6. The van der Waals surface area contributed by atoms with Crippen molar-refractivity contribution in [3.8, 4) is 5.75 Å². The Hall–Kier alpha value is -1.80. The molecule has 0 bridgehead atoms. The summed E-state index contributed by atoms with van der Waals surface area (Å²) in [7, 11) is 5.97. The highest BCUT2D eigenvalue weighted by Gasteiger charge is 2.22. The molecule has 29 heavy (non-hydrogen) atoms. The van der Waals surface area contributed by atoms with Crippen LogP contribution < -0.4 is 15.4 Å². The van der Waals surface area contributed by atoms with Crippen molar-refractivity contribution in [1.29, 1.82) is 0 Å². The van der Waals surface area contributed by atoms with Crippen LogP contribution in [0, 0.1) is 5.92 Å². The summed E-state index contributed by atoms with van der Waals surface area (Å²) in [5.74, 6) is 2.50. The Labute approximate surface area is 192 Å². The molecule has 1 aliphatic carbocycles. The Kier molecular flexibility index (Phi) is 9.73. The Bertz CT molecular complexity index is 790. The van der Waals surface area contributed by atoms with Crippen molar-refractivity contribution in [3.05, 3.63) is 65.2 Å². The van der Waals surface area contributed by atoms with Gasteiger partial charge in [0.1, 0.15) is 5.75 Å². The fraction of sp³-hybridized carbons (Fsp3) is 0.435. The summed E-state index contributed by atoms with van der Waals surface area (Å²) in [6.45, 7) is 3.19. The lowest BCUT2D eigenvalue weighted by atomic mass is 10.1. The molecule has 0 radical (unpaired) electrons. The van der Waals surface area contributed by atoms with Crippen molar-refractivity contribution in [2.24, 2.45) is 10.9 Å². The lowest BCUT2D eigenvalue weighted by molar-refractivity contribution is 0.296. The molecule has 1 aliphatic rings. The first kappa shape index (κ1) is 23.5. The summed E-state index contributed by atoms with van der Waals surface area (Å²) >= 11 is 0. The van der Waals surface area contributed by atoms with Gasteiger partial charge < -0.3 is 20.3 Å². The third-order valence-corrected chi connectivity index (χ3v) is 4.76. The van der Waals surface area contributed by atoms with Crippen LogP contribution in [-0.4, -0.2) is 38.6 Å². The average molecular weight is 508 g/mol. The van der Waals surface area contributed by atoms with Crippen molar-refractivity contribution in [2.75, 3.05) is 27.7 Å².